The van der Waals surface area contributed by atoms with Crippen LogP contribution in [0.2, 0.25) is 0 Å². The molecule has 1 saturated heterocycles. The molecule has 3 rings (SSSR count). The van der Waals surface area contributed by atoms with Gasteiger partial charge in [0.15, 0.2) is 5.82 Å². The van der Waals surface area contributed by atoms with Crippen LogP contribution in [-0.4, -0.2) is 40.0 Å². The van der Waals surface area contributed by atoms with E-state index in [4.69, 9.17) is 9.26 Å². The molecule has 0 radical (unpaired) electrons. The summed E-state index contributed by atoms with van der Waals surface area (Å²) in [5, 5.41) is 14.2. The molecule has 2 aromatic heterocycles. The van der Waals surface area contributed by atoms with Gasteiger partial charge in [0.1, 0.15) is 11.9 Å². The molecule has 2 atom stereocenters. The molecule has 0 saturated carbocycles. The minimum atomic E-state index is -0.159. The summed E-state index contributed by atoms with van der Waals surface area (Å²) in [6.45, 7) is 6.66. The second-order valence-electron chi connectivity index (χ2n) is 6.15. The van der Waals surface area contributed by atoms with Crippen LogP contribution in [0.1, 0.15) is 35.2 Å². The molecule has 8 nitrogen and oxygen atoms in total. The Morgan fingerprint density at radius 1 is 1.42 bits per heavy atom. The van der Waals surface area contributed by atoms with E-state index in [-0.39, 0.29) is 24.6 Å². The minimum Gasteiger partial charge on any atom is -0.372 e. The number of rotatable bonds is 5. The van der Waals surface area contributed by atoms with Gasteiger partial charge in [-0.15, -0.1) is 0 Å². The largest absolute Gasteiger partial charge is 0.372 e. The zero-order valence-electron chi connectivity index (χ0n) is 14.4. The average Bonchev–Trinajstić information content (AvgIpc) is 3.19. The zero-order valence-corrected chi connectivity index (χ0v) is 14.4. The highest BCUT2D eigenvalue weighted by Crippen LogP contribution is 2.33. The number of ether oxygens (including phenoxy) is 1. The van der Waals surface area contributed by atoms with Crippen molar-refractivity contribution in [1.29, 1.82) is 0 Å². The van der Waals surface area contributed by atoms with Gasteiger partial charge in [-0.3, -0.25) is 9.48 Å². The SMILES string of the molecule is Cc1cc(NC(=O)CN[C@H]2CCO[C@@H]2c2c(C)nn(C)c2C)no1. The standard InChI is InChI=1S/C16H23N5O3/c1-9-7-13(20-24-9)18-14(22)8-17-12-5-6-23-16(12)15-10(2)19-21(4)11(15)3/h7,12,16-17H,5-6,8H2,1-4H3,(H,18,20,22)/t12-,16-/m0/s1. The Hall–Kier alpha value is -2.19. The first kappa shape index (κ1) is 16.7. The number of carbonyl (C=O) groups excluding carboxylic acids is 1. The lowest BCUT2D eigenvalue weighted by atomic mass is 10.0. The first-order chi connectivity index (χ1) is 11.5. The van der Waals surface area contributed by atoms with Crippen molar-refractivity contribution >= 4 is 11.7 Å². The van der Waals surface area contributed by atoms with Crippen molar-refractivity contribution < 1.29 is 14.1 Å². The number of anilines is 1. The van der Waals surface area contributed by atoms with Crippen LogP contribution >= 0.6 is 0 Å². The number of aryl methyl sites for hydroxylation is 3. The third-order valence-electron chi connectivity index (χ3n) is 4.36. The van der Waals surface area contributed by atoms with Crippen molar-refractivity contribution in [3.63, 3.8) is 0 Å². The number of nitrogens with one attached hydrogen (secondary N) is 2. The molecule has 24 heavy (non-hydrogen) atoms. The maximum atomic E-state index is 12.0. The van der Waals surface area contributed by atoms with E-state index in [1.807, 2.05) is 25.6 Å². The highest BCUT2D eigenvalue weighted by molar-refractivity contribution is 5.91. The second kappa shape index (κ2) is 6.74. The van der Waals surface area contributed by atoms with Crippen LogP contribution in [0.15, 0.2) is 10.6 Å². The lowest BCUT2D eigenvalue weighted by Gasteiger charge is -2.20. The van der Waals surface area contributed by atoms with Crippen molar-refractivity contribution in [2.24, 2.45) is 7.05 Å². The lowest BCUT2D eigenvalue weighted by molar-refractivity contribution is -0.115. The van der Waals surface area contributed by atoms with Crippen molar-refractivity contribution in [2.45, 2.75) is 39.3 Å². The Morgan fingerprint density at radius 2 is 2.21 bits per heavy atom. The average molecular weight is 333 g/mol. The lowest BCUT2D eigenvalue weighted by Crippen LogP contribution is -2.38. The van der Waals surface area contributed by atoms with Gasteiger partial charge in [0, 0.05) is 37.0 Å². The van der Waals surface area contributed by atoms with Crippen LogP contribution in [0.3, 0.4) is 0 Å². The number of aromatic nitrogens is 3. The van der Waals surface area contributed by atoms with Gasteiger partial charge in [-0.2, -0.15) is 5.10 Å². The highest BCUT2D eigenvalue weighted by atomic mass is 16.5. The zero-order chi connectivity index (χ0) is 17.3. The van der Waals surface area contributed by atoms with Crippen LogP contribution in [0, 0.1) is 20.8 Å². The predicted molar refractivity (Wildman–Crippen MR) is 87.7 cm³/mol. The quantitative estimate of drug-likeness (QED) is 0.859. The summed E-state index contributed by atoms with van der Waals surface area (Å²) in [5.41, 5.74) is 3.17. The molecule has 0 spiro atoms. The molecule has 0 unspecified atom stereocenters. The van der Waals surface area contributed by atoms with Gasteiger partial charge in [-0.05, 0) is 27.2 Å². The topological polar surface area (TPSA) is 94.2 Å². The number of hydrogen-bond donors (Lipinski definition) is 2. The normalized spacial score (nSPS) is 20.5. The van der Waals surface area contributed by atoms with E-state index in [0.717, 1.165) is 23.4 Å². The fraction of sp³-hybridized carbons (Fsp3) is 0.562. The molecule has 2 N–H and O–H groups in total. The molecule has 0 aliphatic carbocycles. The summed E-state index contributed by atoms with van der Waals surface area (Å²) in [7, 11) is 1.93. The maximum Gasteiger partial charge on any atom is 0.239 e. The van der Waals surface area contributed by atoms with E-state index in [1.54, 1.807) is 13.0 Å². The summed E-state index contributed by atoms with van der Waals surface area (Å²) < 4.78 is 12.7. The first-order valence-electron chi connectivity index (χ1n) is 8.04. The fourth-order valence-electron chi connectivity index (χ4n) is 3.12. The smallest absolute Gasteiger partial charge is 0.239 e. The van der Waals surface area contributed by atoms with Gasteiger partial charge < -0.3 is 19.9 Å². The van der Waals surface area contributed by atoms with Gasteiger partial charge in [-0.25, -0.2) is 0 Å². The van der Waals surface area contributed by atoms with E-state index >= 15 is 0 Å². The first-order valence-corrected chi connectivity index (χ1v) is 8.04. The molecule has 2 aromatic rings. The molecule has 1 fully saturated rings. The molecule has 1 aliphatic heterocycles. The van der Waals surface area contributed by atoms with E-state index in [0.29, 0.717) is 18.2 Å². The predicted octanol–water partition coefficient (Wildman–Crippen LogP) is 1.39. The molecular weight excluding hydrogens is 310 g/mol. The second-order valence-corrected chi connectivity index (χ2v) is 6.15. The summed E-state index contributed by atoms with van der Waals surface area (Å²) in [6.07, 6.45) is 0.773. The van der Waals surface area contributed by atoms with Crippen LogP contribution in [0.5, 0.6) is 0 Å². The molecule has 8 heteroatoms. The molecular formula is C16H23N5O3. The van der Waals surface area contributed by atoms with Crippen molar-refractivity contribution in [1.82, 2.24) is 20.3 Å². The summed E-state index contributed by atoms with van der Waals surface area (Å²) in [4.78, 5) is 12.0. The van der Waals surface area contributed by atoms with Crippen molar-refractivity contribution in [3.05, 3.63) is 28.8 Å². The summed E-state index contributed by atoms with van der Waals surface area (Å²) in [6, 6.07) is 1.76. The molecule has 3 heterocycles. The Labute approximate surface area is 140 Å². The Morgan fingerprint density at radius 3 is 2.83 bits per heavy atom. The molecule has 0 bridgehead atoms. The van der Waals surface area contributed by atoms with E-state index in [9.17, 15) is 4.79 Å². The van der Waals surface area contributed by atoms with Gasteiger partial charge in [0.2, 0.25) is 5.91 Å². The number of nitrogens with zero attached hydrogens (tertiary/aromatic N) is 3. The van der Waals surface area contributed by atoms with Gasteiger partial charge in [-0.1, -0.05) is 5.16 Å². The number of carbonyl (C=O) groups is 1. The highest BCUT2D eigenvalue weighted by Gasteiger charge is 2.33. The summed E-state index contributed by atoms with van der Waals surface area (Å²) >= 11 is 0. The van der Waals surface area contributed by atoms with Gasteiger partial charge >= 0.3 is 0 Å². The van der Waals surface area contributed by atoms with Crippen LogP contribution < -0.4 is 10.6 Å². The summed E-state index contributed by atoms with van der Waals surface area (Å²) in [5.74, 6) is 0.927. The third-order valence-corrected chi connectivity index (χ3v) is 4.36. The molecule has 130 valence electrons. The van der Waals surface area contributed by atoms with Crippen molar-refractivity contribution in [3.8, 4) is 0 Å². The molecule has 0 aromatic carbocycles. The maximum absolute atomic E-state index is 12.0. The van der Waals surface area contributed by atoms with Gasteiger partial charge in [0.05, 0.1) is 12.2 Å². The number of hydrogen-bond acceptors (Lipinski definition) is 6. The van der Waals surface area contributed by atoms with E-state index in [1.165, 1.54) is 0 Å². The van der Waals surface area contributed by atoms with E-state index in [2.05, 4.69) is 20.9 Å². The fourth-order valence-corrected chi connectivity index (χ4v) is 3.12. The van der Waals surface area contributed by atoms with E-state index < -0.39 is 0 Å². The Kier molecular flexibility index (Phi) is 4.68. The third kappa shape index (κ3) is 3.34. The Balaban J connectivity index is 1.61. The van der Waals surface area contributed by atoms with Crippen LogP contribution in [0.4, 0.5) is 5.82 Å². The minimum absolute atomic E-state index is 0.0800. The molecule has 1 amide bonds. The number of amides is 1. The van der Waals surface area contributed by atoms with Crippen LogP contribution in [0.25, 0.3) is 0 Å². The van der Waals surface area contributed by atoms with Crippen LogP contribution in [-0.2, 0) is 16.6 Å². The van der Waals surface area contributed by atoms with Crippen molar-refractivity contribution in [2.75, 3.05) is 18.5 Å². The molecule has 1 aliphatic rings. The monoisotopic (exact) mass is 333 g/mol. The van der Waals surface area contributed by atoms with Gasteiger partial charge in [0.25, 0.3) is 0 Å². The Bertz CT molecular complexity index is 736.